The summed E-state index contributed by atoms with van der Waals surface area (Å²) in [7, 11) is 3.44. The third kappa shape index (κ3) is 1.05. The summed E-state index contributed by atoms with van der Waals surface area (Å²) in [5.74, 6) is 0. The summed E-state index contributed by atoms with van der Waals surface area (Å²) in [6.07, 6.45) is 1.80. The Kier molecular flexibility index (Phi) is 1.47. The quantitative estimate of drug-likeness (QED) is 0.519. The summed E-state index contributed by atoms with van der Waals surface area (Å²) < 4.78 is 0. The van der Waals surface area contributed by atoms with Crippen molar-refractivity contribution in [3.8, 4) is 0 Å². The van der Waals surface area contributed by atoms with E-state index in [9.17, 15) is 0 Å². The summed E-state index contributed by atoms with van der Waals surface area (Å²) in [6, 6.07) is 10.1. The van der Waals surface area contributed by atoms with Crippen LogP contribution in [-0.4, -0.2) is 15.2 Å². The molecular formula is C9H6NSi. The molecule has 1 aromatic heterocycles. The third-order valence-corrected chi connectivity index (χ3v) is 2.07. The Bertz CT molecular complexity index is 379. The van der Waals surface area contributed by atoms with Crippen LogP contribution in [0.15, 0.2) is 36.5 Å². The van der Waals surface area contributed by atoms with Crippen molar-refractivity contribution in [2.45, 2.75) is 0 Å². The fraction of sp³-hybridized carbons (Fsp3) is 0. The van der Waals surface area contributed by atoms with Crippen LogP contribution < -0.4 is 5.32 Å². The zero-order valence-electron chi connectivity index (χ0n) is 5.91. The van der Waals surface area contributed by atoms with E-state index in [2.05, 4.69) is 21.3 Å². The second-order valence-corrected chi connectivity index (χ2v) is 2.85. The van der Waals surface area contributed by atoms with E-state index in [0.717, 1.165) is 10.7 Å². The lowest BCUT2D eigenvalue weighted by Crippen LogP contribution is -2.07. The summed E-state index contributed by atoms with van der Waals surface area (Å²) in [6.45, 7) is 0. The highest BCUT2D eigenvalue weighted by molar-refractivity contribution is 6.36. The number of hydrogen-bond donors (Lipinski definition) is 0. The summed E-state index contributed by atoms with van der Waals surface area (Å²) in [5, 5.41) is 3.28. The zero-order chi connectivity index (χ0) is 7.68. The van der Waals surface area contributed by atoms with Gasteiger partial charge in [-0.3, -0.25) is 4.98 Å². The maximum Gasteiger partial charge on any atom is 0.100 e. The van der Waals surface area contributed by atoms with Crippen molar-refractivity contribution < 1.29 is 0 Å². The third-order valence-electron chi connectivity index (χ3n) is 1.67. The number of nitrogens with zero attached hydrogens (tertiary/aromatic N) is 1. The molecule has 2 heteroatoms. The molecule has 0 aliphatic carbocycles. The average molecular weight is 156 g/mol. The van der Waals surface area contributed by atoms with Gasteiger partial charge in [-0.2, -0.15) is 0 Å². The molecule has 3 radical (unpaired) electrons. The van der Waals surface area contributed by atoms with E-state index >= 15 is 0 Å². The summed E-state index contributed by atoms with van der Waals surface area (Å²) in [5.41, 5.74) is 0. The molecule has 0 saturated carbocycles. The van der Waals surface area contributed by atoms with E-state index in [1.54, 1.807) is 6.20 Å². The van der Waals surface area contributed by atoms with Gasteiger partial charge in [0, 0.05) is 11.5 Å². The molecule has 2 rings (SSSR count). The number of pyridine rings is 1. The normalized spacial score (nSPS) is 10.3. The molecule has 1 aromatic carbocycles. The smallest absolute Gasteiger partial charge is 0.100 e. The Morgan fingerprint density at radius 3 is 2.73 bits per heavy atom. The Morgan fingerprint density at radius 2 is 1.91 bits per heavy atom. The van der Waals surface area contributed by atoms with Crippen molar-refractivity contribution in [1.29, 1.82) is 0 Å². The monoisotopic (exact) mass is 156 g/mol. The molecule has 0 aliphatic heterocycles. The van der Waals surface area contributed by atoms with Crippen molar-refractivity contribution >= 4 is 26.3 Å². The maximum absolute atomic E-state index is 4.12. The van der Waals surface area contributed by atoms with Crippen LogP contribution in [0, 0.1) is 0 Å². The van der Waals surface area contributed by atoms with Gasteiger partial charge in [-0.05, 0) is 16.8 Å². The van der Waals surface area contributed by atoms with E-state index in [4.69, 9.17) is 0 Å². The SMILES string of the molecule is [Si]c1nccc2ccccc12. The lowest BCUT2D eigenvalue weighted by atomic mass is 10.2. The van der Waals surface area contributed by atoms with Crippen LogP contribution in [0.25, 0.3) is 10.8 Å². The van der Waals surface area contributed by atoms with E-state index < -0.39 is 0 Å². The molecular weight excluding hydrogens is 150 g/mol. The van der Waals surface area contributed by atoms with Gasteiger partial charge in [0.25, 0.3) is 0 Å². The fourth-order valence-electron chi connectivity index (χ4n) is 1.12. The number of hydrogen-bond acceptors (Lipinski definition) is 1. The van der Waals surface area contributed by atoms with Crippen LogP contribution in [0.1, 0.15) is 0 Å². The summed E-state index contributed by atoms with van der Waals surface area (Å²) in [4.78, 5) is 4.12. The predicted molar refractivity (Wildman–Crippen MR) is 47.1 cm³/mol. The van der Waals surface area contributed by atoms with Crippen LogP contribution >= 0.6 is 0 Å². The molecule has 11 heavy (non-hydrogen) atoms. The molecule has 1 heterocycles. The highest BCUT2D eigenvalue weighted by atomic mass is 28.1. The second kappa shape index (κ2) is 2.47. The highest BCUT2D eigenvalue weighted by Gasteiger charge is 1.93. The van der Waals surface area contributed by atoms with Gasteiger partial charge in [-0.15, -0.1) is 0 Å². The lowest BCUT2D eigenvalue weighted by molar-refractivity contribution is 1.42. The molecule has 0 unspecified atom stereocenters. The highest BCUT2D eigenvalue weighted by Crippen LogP contribution is 2.07. The molecule has 0 atom stereocenters. The standard InChI is InChI=1S/C9H6NSi/c11-9-8-4-2-1-3-7(8)5-6-10-9/h1-6H. The van der Waals surface area contributed by atoms with Crippen molar-refractivity contribution in [2.24, 2.45) is 0 Å². The molecule has 0 N–H and O–H groups in total. The molecule has 0 aliphatic rings. The molecule has 2 aromatic rings. The number of fused-ring (bicyclic) bond motifs is 1. The van der Waals surface area contributed by atoms with Gasteiger partial charge in [0.1, 0.15) is 10.2 Å². The zero-order valence-corrected chi connectivity index (χ0v) is 6.91. The van der Waals surface area contributed by atoms with Gasteiger partial charge in [0.15, 0.2) is 0 Å². The first-order chi connectivity index (χ1) is 5.38. The van der Waals surface area contributed by atoms with Gasteiger partial charge in [-0.25, -0.2) is 0 Å². The van der Waals surface area contributed by atoms with Crippen LogP contribution in [-0.2, 0) is 0 Å². The molecule has 0 amide bonds. The minimum atomic E-state index is 0.906. The van der Waals surface area contributed by atoms with Crippen LogP contribution in [0.2, 0.25) is 0 Å². The number of aromatic nitrogens is 1. The minimum Gasteiger partial charge on any atom is -0.266 e. The van der Waals surface area contributed by atoms with Gasteiger partial charge in [-0.1, -0.05) is 24.3 Å². The molecule has 1 nitrogen and oxygen atoms in total. The van der Waals surface area contributed by atoms with Crippen LogP contribution in [0.4, 0.5) is 0 Å². The number of rotatable bonds is 0. The van der Waals surface area contributed by atoms with Crippen molar-refractivity contribution in [3.05, 3.63) is 36.5 Å². The molecule has 0 spiro atoms. The van der Waals surface area contributed by atoms with E-state index in [1.165, 1.54) is 5.39 Å². The van der Waals surface area contributed by atoms with E-state index in [-0.39, 0.29) is 0 Å². The molecule has 51 valence electrons. The molecule has 0 fully saturated rings. The second-order valence-electron chi connectivity index (χ2n) is 2.38. The van der Waals surface area contributed by atoms with Gasteiger partial charge < -0.3 is 0 Å². The van der Waals surface area contributed by atoms with Gasteiger partial charge >= 0.3 is 0 Å². The van der Waals surface area contributed by atoms with Crippen molar-refractivity contribution in [3.63, 3.8) is 0 Å². The first-order valence-corrected chi connectivity index (χ1v) is 3.93. The fourth-order valence-corrected chi connectivity index (χ4v) is 1.42. The molecule has 0 bridgehead atoms. The van der Waals surface area contributed by atoms with Crippen LogP contribution in [0.3, 0.4) is 0 Å². The predicted octanol–water partition coefficient (Wildman–Crippen LogP) is 1.03. The van der Waals surface area contributed by atoms with Gasteiger partial charge in [0.2, 0.25) is 0 Å². The lowest BCUT2D eigenvalue weighted by Gasteiger charge is -1.98. The maximum atomic E-state index is 4.12. The molecule has 0 saturated heterocycles. The first-order valence-electron chi connectivity index (χ1n) is 3.43. The first kappa shape index (κ1) is 6.55. The Hall–Kier alpha value is -1.15. The van der Waals surface area contributed by atoms with Gasteiger partial charge in [0.05, 0.1) is 0 Å². The topological polar surface area (TPSA) is 12.9 Å². The Labute approximate surface area is 68.5 Å². The largest absolute Gasteiger partial charge is 0.266 e. The van der Waals surface area contributed by atoms with Crippen molar-refractivity contribution in [2.75, 3.05) is 0 Å². The van der Waals surface area contributed by atoms with Crippen molar-refractivity contribution in [1.82, 2.24) is 4.98 Å². The Balaban J connectivity index is 2.91. The Morgan fingerprint density at radius 1 is 1.09 bits per heavy atom. The van der Waals surface area contributed by atoms with Crippen LogP contribution in [0.5, 0.6) is 0 Å². The minimum absolute atomic E-state index is 0.906. The number of benzene rings is 1. The summed E-state index contributed by atoms with van der Waals surface area (Å²) >= 11 is 0. The van der Waals surface area contributed by atoms with E-state index in [0.29, 0.717) is 0 Å². The average Bonchev–Trinajstić information content (AvgIpc) is 2.06. The van der Waals surface area contributed by atoms with E-state index in [1.807, 2.05) is 24.3 Å².